The molecule has 7 nitrogen and oxygen atoms in total. The number of benzene rings is 1. The number of halogens is 2. The summed E-state index contributed by atoms with van der Waals surface area (Å²) in [6, 6.07) is 3.08. The van der Waals surface area contributed by atoms with Crippen molar-refractivity contribution in [2.45, 2.75) is 27.4 Å². The highest BCUT2D eigenvalue weighted by molar-refractivity contribution is 6.10. The van der Waals surface area contributed by atoms with Crippen LogP contribution >= 0.6 is 0 Å². The molecule has 0 saturated carbocycles. The molecule has 0 atom stereocenters. The zero-order valence-corrected chi connectivity index (χ0v) is 14.4. The van der Waals surface area contributed by atoms with Gasteiger partial charge in [-0.25, -0.2) is 9.97 Å². The fourth-order valence-electron chi connectivity index (χ4n) is 3.04. The first-order valence-electron chi connectivity index (χ1n) is 7.71. The number of anilines is 1. The third-order valence-corrected chi connectivity index (χ3v) is 4.14. The highest BCUT2D eigenvalue weighted by atomic mass is 19.3. The summed E-state index contributed by atoms with van der Waals surface area (Å²) in [5.41, 5.74) is 13.8. The van der Waals surface area contributed by atoms with E-state index in [1.807, 2.05) is 0 Å². The number of primary amides is 1. The van der Waals surface area contributed by atoms with Gasteiger partial charge in [-0.2, -0.15) is 8.78 Å². The van der Waals surface area contributed by atoms with E-state index in [9.17, 15) is 13.6 Å². The summed E-state index contributed by atoms with van der Waals surface area (Å²) in [7, 11) is 0. The number of nitrogen functional groups attached to an aromatic ring is 1. The SMILES string of the molecule is Cc1ncc2c(C(N)=O)c(N)n(-c3c(C)ccc(OC(F)F)c3C)c2n1. The Morgan fingerprint density at radius 2 is 1.96 bits per heavy atom. The van der Waals surface area contributed by atoms with E-state index in [2.05, 4.69) is 14.7 Å². The number of hydrogen-bond donors (Lipinski definition) is 2. The average Bonchev–Trinajstić information content (AvgIpc) is 2.82. The maximum Gasteiger partial charge on any atom is 0.387 e. The number of hydrogen-bond acceptors (Lipinski definition) is 5. The maximum atomic E-state index is 12.7. The van der Waals surface area contributed by atoms with Crippen molar-refractivity contribution < 1.29 is 18.3 Å². The fraction of sp³-hybridized carbons (Fsp3) is 0.235. The molecule has 0 fully saturated rings. The zero-order chi connectivity index (χ0) is 19.2. The molecule has 2 heterocycles. The molecular formula is C17H17F2N5O2. The lowest BCUT2D eigenvalue weighted by Crippen LogP contribution is -2.14. The molecule has 4 N–H and O–H groups in total. The minimum absolute atomic E-state index is 0.00764. The van der Waals surface area contributed by atoms with E-state index in [-0.39, 0.29) is 17.1 Å². The normalized spacial score (nSPS) is 11.3. The van der Waals surface area contributed by atoms with Crippen LogP contribution in [0.3, 0.4) is 0 Å². The molecule has 0 bridgehead atoms. The van der Waals surface area contributed by atoms with Crippen molar-refractivity contribution in [3.05, 3.63) is 40.8 Å². The van der Waals surface area contributed by atoms with E-state index in [0.717, 1.165) is 5.56 Å². The predicted octanol–water partition coefficient (Wildman–Crippen LogP) is 2.63. The van der Waals surface area contributed by atoms with Crippen molar-refractivity contribution in [2.24, 2.45) is 5.73 Å². The van der Waals surface area contributed by atoms with Gasteiger partial charge in [-0.15, -0.1) is 0 Å². The number of aromatic nitrogens is 3. The highest BCUT2D eigenvalue weighted by Crippen LogP contribution is 2.36. The molecule has 2 aromatic heterocycles. The van der Waals surface area contributed by atoms with Crippen molar-refractivity contribution in [1.29, 1.82) is 0 Å². The van der Waals surface area contributed by atoms with Gasteiger partial charge in [0.05, 0.1) is 16.6 Å². The van der Waals surface area contributed by atoms with Crippen LogP contribution in [0.2, 0.25) is 0 Å². The molecule has 9 heteroatoms. The van der Waals surface area contributed by atoms with Crippen LogP contribution < -0.4 is 16.2 Å². The van der Waals surface area contributed by atoms with Gasteiger partial charge in [-0.1, -0.05) is 6.07 Å². The minimum atomic E-state index is -2.96. The largest absolute Gasteiger partial charge is 0.434 e. The summed E-state index contributed by atoms with van der Waals surface area (Å²) in [5.74, 6) is -0.197. The van der Waals surface area contributed by atoms with Gasteiger partial charge < -0.3 is 16.2 Å². The quantitative estimate of drug-likeness (QED) is 0.742. The van der Waals surface area contributed by atoms with Gasteiger partial charge in [-0.3, -0.25) is 9.36 Å². The molecule has 0 radical (unpaired) electrons. The molecular weight excluding hydrogens is 344 g/mol. The van der Waals surface area contributed by atoms with Crippen LogP contribution in [0.1, 0.15) is 27.3 Å². The number of nitrogens with two attached hydrogens (primary N) is 2. The maximum absolute atomic E-state index is 12.7. The second-order valence-corrected chi connectivity index (χ2v) is 5.85. The Morgan fingerprint density at radius 3 is 2.58 bits per heavy atom. The van der Waals surface area contributed by atoms with Crippen LogP contribution in [0.25, 0.3) is 16.7 Å². The smallest absolute Gasteiger partial charge is 0.387 e. The number of alkyl halides is 2. The Hall–Kier alpha value is -3.23. The number of fused-ring (bicyclic) bond motifs is 1. The lowest BCUT2D eigenvalue weighted by molar-refractivity contribution is -0.0502. The highest BCUT2D eigenvalue weighted by Gasteiger charge is 2.24. The standard InChI is InChI=1S/C17H17F2N5O2/c1-7-4-5-11(26-17(18)19)8(2)13(7)24-14(20)12(15(21)25)10-6-22-9(3)23-16(10)24/h4-6,17H,20H2,1-3H3,(H2,21,25). The average molecular weight is 361 g/mol. The molecule has 1 aromatic carbocycles. The van der Waals surface area contributed by atoms with Gasteiger partial charge in [0.1, 0.15) is 17.4 Å². The van der Waals surface area contributed by atoms with Crippen molar-refractivity contribution in [3.8, 4) is 11.4 Å². The summed E-state index contributed by atoms with van der Waals surface area (Å²) < 4.78 is 31.5. The first-order chi connectivity index (χ1) is 12.2. The molecule has 1 amide bonds. The number of nitrogens with zero attached hydrogens (tertiary/aromatic N) is 3. The number of rotatable bonds is 4. The second-order valence-electron chi connectivity index (χ2n) is 5.85. The van der Waals surface area contributed by atoms with Gasteiger partial charge in [0, 0.05) is 11.8 Å². The van der Waals surface area contributed by atoms with Crippen LogP contribution in [0.4, 0.5) is 14.6 Å². The number of amides is 1. The van der Waals surface area contributed by atoms with Gasteiger partial charge in [0.15, 0.2) is 5.65 Å². The van der Waals surface area contributed by atoms with E-state index >= 15 is 0 Å². The van der Waals surface area contributed by atoms with Gasteiger partial charge in [0.2, 0.25) is 0 Å². The first kappa shape index (κ1) is 17.6. The summed E-state index contributed by atoms with van der Waals surface area (Å²) >= 11 is 0. The molecule has 3 aromatic rings. The summed E-state index contributed by atoms with van der Waals surface area (Å²) in [4.78, 5) is 20.3. The molecule has 0 saturated heterocycles. The lowest BCUT2D eigenvalue weighted by Gasteiger charge is -2.17. The second kappa shape index (κ2) is 6.25. The molecule has 136 valence electrons. The van der Waals surface area contributed by atoms with Gasteiger partial charge in [-0.05, 0) is 32.4 Å². The van der Waals surface area contributed by atoms with Crippen LogP contribution in [0.5, 0.6) is 5.75 Å². The number of carbonyl (C=O) groups excluding carboxylic acids is 1. The van der Waals surface area contributed by atoms with E-state index in [1.54, 1.807) is 26.8 Å². The summed E-state index contributed by atoms with van der Waals surface area (Å²) in [6.45, 7) is 2.14. The minimum Gasteiger partial charge on any atom is -0.434 e. The number of carbonyl (C=O) groups is 1. The Kier molecular flexibility index (Phi) is 4.23. The Labute approximate surface area is 147 Å². The Morgan fingerprint density at radius 1 is 1.27 bits per heavy atom. The Bertz CT molecular complexity index is 1030. The third-order valence-electron chi connectivity index (χ3n) is 4.14. The van der Waals surface area contributed by atoms with E-state index in [0.29, 0.717) is 28.1 Å². The van der Waals surface area contributed by atoms with Crippen molar-refractivity contribution in [1.82, 2.24) is 14.5 Å². The molecule has 0 aliphatic rings. The van der Waals surface area contributed by atoms with Crippen LogP contribution in [0.15, 0.2) is 18.3 Å². The predicted molar refractivity (Wildman–Crippen MR) is 92.6 cm³/mol. The Balaban J connectivity index is 2.41. The number of ether oxygens (including phenoxy) is 1. The first-order valence-corrected chi connectivity index (χ1v) is 7.71. The van der Waals surface area contributed by atoms with E-state index in [1.165, 1.54) is 16.8 Å². The zero-order valence-electron chi connectivity index (χ0n) is 14.4. The summed E-state index contributed by atoms with van der Waals surface area (Å²) in [5, 5.41) is 0.389. The van der Waals surface area contributed by atoms with Crippen LogP contribution in [-0.4, -0.2) is 27.1 Å². The number of aryl methyl sites for hydroxylation is 2. The molecule has 0 aliphatic carbocycles. The van der Waals surface area contributed by atoms with E-state index < -0.39 is 12.5 Å². The molecule has 26 heavy (non-hydrogen) atoms. The van der Waals surface area contributed by atoms with Crippen molar-refractivity contribution in [2.75, 3.05) is 5.73 Å². The molecule has 0 aliphatic heterocycles. The van der Waals surface area contributed by atoms with E-state index in [4.69, 9.17) is 11.5 Å². The van der Waals surface area contributed by atoms with Gasteiger partial charge in [0.25, 0.3) is 5.91 Å². The summed E-state index contributed by atoms with van der Waals surface area (Å²) in [6.07, 6.45) is 1.47. The topological polar surface area (TPSA) is 109 Å². The lowest BCUT2D eigenvalue weighted by atomic mass is 10.1. The monoisotopic (exact) mass is 361 g/mol. The van der Waals surface area contributed by atoms with Crippen LogP contribution in [-0.2, 0) is 0 Å². The molecule has 0 unspecified atom stereocenters. The fourth-order valence-corrected chi connectivity index (χ4v) is 3.04. The van der Waals surface area contributed by atoms with Crippen molar-refractivity contribution in [3.63, 3.8) is 0 Å². The molecule has 0 spiro atoms. The van der Waals surface area contributed by atoms with Crippen LogP contribution in [0, 0.1) is 20.8 Å². The third kappa shape index (κ3) is 2.71. The van der Waals surface area contributed by atoms with Crippen molar-refractivity contribution >= 4 is 22.8 Å². The molecule has 3 rings (SSSR count). The van der Waals surface area contributed by atoms with Gasteiger partial charge >= 0.3 is 6.61 Å².